The van der Waals surface area contributed by atoms with Crippen LogP contribution in [0, 0.1) is 5.82 Å². The van der Waals surface area contributed by atoms with E-state index in [4.69, 9.17) is 4.74 Å². The molecule has 0 saturated carbocycles. The van der Waals surface area contributed by atoms with Gasteiger partial charge in [0.1, 0.15) is 6.61 Å². The number of anilines is 1. The second-order valence-corrected chi connectivity index (χ2v) is 6.94. The van der Waals surface area contributed by atoms with Crippen molar-refractivity contribution in [2.24, 2.45) is 4.99 Å². The second kappa shape index (κ2) is 10.4. The summed E-state index contributed by atoms with van der Waals surface area (Å²) in [5.41, 5.74) is 1.85. The van der Waals surface area contributed by atoms with Gasteiger partial charge in [-0.1, -0.05) is 67.2 Å². The molecule has 5 nitrogen and oxygen atoms in total. The first-order chi connectivity index (χ1) is 13.7. The number of aromatic nitrogens is 2. The van der Waals surface area contributed by atoms with Gasteiger partial charge in [-0.25, -0.2) is 14.4 Å². The molecule has 0 aliphatic heterocycles. The molecule has 28 heavy (non-hydrogen) atoms. The van der Waals surface area contributed by atoms with Crippen molar-refractivity contribution in [2.45, 2.75) is 20.0 Å². The van der Waals surface area contributed by atoms with Crippen molar-refractivity contribution in [1.29, 1.82) is 0 Å². The predicted octanol–water partition coefficient (Wildman–Crippen LogP) is 5.44. The lowest BCUT2D eigenvalue weighted by atomic mass is 10.2. The quantitative estimate of drug-likeness (QED) is 0.426. The van der Waals surface area contributed by atoms with E-state index in [9.17, 15) is 4.39 Å². The Kier molecular flexibility index (Phi) is 7.37. The normalized spacial score (nSPS) is 11.3. The molecule has 1 heterocycles. The lowest BCUT2D eigenvalue weighted by molar-refractivity contribution is 0.279. The Morgan fingerprint density at radius 1 is 1.11 bits per heavy atom. The lowest BCUT2D eigenvalue weighted by Gasteiger charge is -2.10. The van der Waals surface area contributed by atoms with Gasteiger partial charge in [-0.3, -0.25) is 0 Å². The van der Waals surface area contributed by atoms with Crippen molar-refractivity contribution in [1.82, 2.24) is 9.97 Å². The number of ether oxygens (including phenoxy) is 1. The summed E-state index contributed by atoms with van der Waals surface area (Å²) in [5, 5.41) is 3.78. The summed E-state index contributed by atoms with van der Waals surface area (Å²) in [6.07, 6.45) is 2.05. The van der Waals surface area contributed by atoms with Crippen molar-refractivity contribution in [3.8, 4) is 6.01 Å². The Bertz CT molecular complexity index is 907. The van der Waals surface area contributed by atoms with Crippen LogP contribution in [0.1, 0.15) is 18.9 Å². The van der Waals surface area contributed by atoms with Gasteiger partial charge in [0, 0.05) is 11.4 Å². The highest BCUT2D eigenvalue weighted by Gasteiger charge is 2.10. The van der Waals surface area contributed by atoms with Crippen molar-refractivity contribution < 1.29 is 9.13 Å². The topological polar surface area (TPSA) is 59.4 Å². The van der Waals surface area contributed by atoms with Crippen LogP contribution in [0.2, 0.25) is 0 Å². The van der Waals surface area contributed by atoms with Crippen LogP contribution in [0.5, 0.6) is 6.01 Å². The number of benzene rings is 2. The number of hydrogen-bond donors (Lipinski definition) is 1. The van der Waals surface area contributed by atoms with Crippen molar-refractivity contribution >= 4 is 28.4 Å². The van der Waals surface area contributed by atoms with Crippen LogP contribution in [0.15, 0.2) is 71.9 Å². The highest BCUT2D eigenvalue weighted by atomic mass is 32.2. The molecule has 0 amide bonds. The zero-order chi connectivity index (χ0) is 19.6. The van der Waals surface area contributed by atoms with E-state index in [0.717, 1.165) is 29.6 Å². The van der Waals surface area contributed by atoms with Gasteiger partial charge in [-0.15, -0.1) is 0 Å². The number of aliphatic imine (C=N–C) groups is 1. The molecule has 0 aliphatic carbocycles. The number of nitrogens with zero attached hydrogens (tertiary/aromatic N) is 3. The van der Waals surface area contributed by atoms with E-state index in [2.05, 4.69) is 27.2 Å². The summed E-state index contributed by atoms with van der Waals surface area (Å²) in [7, 11) is 0. The maximum absolute atomic E-state index is 14.2. The average Bonchev–Trinajstić information content (AvgIpc) is 2.74. The van der Waals surface area contributed by atoms with Gasteiger partial charge in [0.2, 0.25) is 0 Å². The molecular formula is C21H21FN4OS. The van der Waals surface area contributed by atoms with E-state index in [1.54, 1.807) is 0 Å². The maximum Gasteiger partial charge on any atom is 0.318 e. The number of rotatable bonds is 7. The molecule has 1 N–H and O–H groups in total. The molecule has 1 aromatic heterocycles. The largest absolute Gasteiger partial charge is 0.459 e. The molecule has 0 bridgehead atoms. The zero-order valence-electron chi connectivity index (χ0n) is 15.5. The van der Waals surface area contributed by atoms with Gasteiger partial charge in [0.25, 0.3) is 0 Å². The SMILES string of the molecule is CCCSC(=Nc1nc(OCc2ccccc2)ncc1F)Nc1ccccc1. The molecular weight excluding hydrogens is 375 g/mol. The molecule has 144 valence electrons. The van der Waals surface area contributed by atoms with E-state index in [1.165, 1.54) is 11.8 Å². The van der Waals surface area contributed by atoms with Gasteiger partial charge < -0.3 is 10.1 Å². The molecule has 3 aromatic rings. The fourth-order valence-electron chi connectivity index (χ4n) is 2.25. The molecule has 0 saturated heterocycles. The fourth-order valence-corrected chi connectivity index (χ4v) is 2.99. The molecule has 7 heteroatoms. The maximum atomic E-state index is 14.2. The molecule has 0 atom stereocenters. The van der Waals surface area contributed by atoms with Crippen LogP contribution in [0.4, 0.5) is 15.9 Å². The van der Waals surface area contributed by atoms with Crippen LogP contribution in [-0.4, -0.2) is 20.9 Å². The highest BCUT2D eigenvalue weighted by Crippen LogP contribution is 2.21. The Morgan fingerprint density at radius 2 is 1.82 bits per heavy atom. The van der Waals surface area contributed by atoms with Crippen LogP contribution in [0.25, 0.3) is 0 Å². The third kappa shape index (κ3) is 6.06. The fraction of sp³-hybridized carbons (Fsp3) is 0.190. The molecule has 2 aromatic carbocycles. The first-order valence-corrected chi connectivity index (χ1v) is 9.96. The number of hydrogen-bond acceptors (Lipinski definition) is 5. The minimum absolute atomic E-state index is 0.0555. The van der Waals surface area contributed by atoms with Gasteiger partial charge in [0.15, 0.2) is 16.8 Å². The number of thioether (sulfide) groups is 1. The van der Waals surface area contributed by atoms with Crippen molar-refractivity contribution in [3.05, 3.63) is 78.2 Å². The summed E-state index contributed by atoms with van der Waals surface area (Å²) < 4.78 is 19.8. The van der Waals surface area contributed by atoms with E-state index >= 15 is 0 Å². The number of nitrogens with one attached hydrogen (secondary N) is 1. The summed E-state index contributed by atoms with van der Waals surface area (Å²) >= 11 is 1.51. The Labute approximate surface area is 168 Å². The van der Waals surface area contributed by atoms with Crippen molar-refractivity contribution in [2.75, 3.05) is 11.1 Å². The zero-order valence-corrected chi connectivity index (χ0v) is 16.3. The van der Waals surface area contributed by atoms with Gasteiger partial charge in [0.05, 0.1) is 6.20 Å². The Morgan fingerprint density at radius 3 is 2.54 bits per heavy atom. The minimum atomic E-state index is -0.600. The molecule has 0 aliphatic rings. The standard InChI is InChI=1S/C21H21FN4OS/c1-2-13-28-21(24-17-11-7-4-8-12-17)26-19-18(22)14-23-20(25-19)27-15-16-9-5-3-6-10-16/h3-12,14H,2,13,15H2,1H3,(H,23,24,25,26). The van der Waals surface area contributed by atoms with Crippen molar-refractivity contribution in [3.63, 3.8) is 0 Å². The third-order valence-corrected chi connectivity index (χ3v) is 4.67. The summed E-state index contributed by atoms with van der Waals surface area (Å²) in [6, 6.07) is 19.4. The smallest absolute Gasteiger partial charge is 0.318 e. The van der Waals surface area contributed by atoms with E-state index in [1.807, 2.05) is 60.7 Å². The molecule has 0 unspecified atom stereocenters. The van der Waals surface area contributed by atoms with Crippen LogP contribution >= 0.6 is 11.8 Å². The van der Waals surface area contributed by atoms with Crippen LogP contribution in [-0.2, 0) is 6.61 Å². The molecule has 3 rings (SSSR count). The predicted molar refractivity (Wildman–Crippen MR) is 113 cm³/mol. The van der Waals surface area contributed by atoms with Gasteiger partial charge >= 0.3 is 6.01 Å². The average molecular weight is 396 g/mol. The summed E-state index contributed by atoms with van der Waals surface area (Å²) in [5.74, 6) is 0.194. The van der Waals surface area contributed by atoms with E-state index < -0.39 is 5.82 Å². The first-order valence-electron chi connectivity index (χ1n) is 8.97. The number of amidine groups is 1. The van der Waals surface area contributed by atoms with Gasteiger partial charge in [-0.05, 0) is 24.1 Å². The number of para-hydroxylation sites is 1. The highest BCUT2D eigenvalue weighted by molar-refractivity contribution is 8.14. The summed E-state index contributed by atoms with van der Waals surface area (Å²) in [6.45, 7) is 2.38. The van der Waals surface area contributed by atoms with Crippen LogP contribution < -0.4 is 10.1 Å². The second-order valence-electron chi connectivity index (χ2n) is 5.85. The molecule has 0 fully saturated rings. The first kappa shape index (κ1) is 19.8. The van der Waals surface area contributed by atoms with E-state index in [0.29, 0.717) is 11.8 Å². The van der Waals surface area contributed by atoms with E-state index in [-0.39, 0.29) is 11.8 Å². The van der Waals surface area contributed by atoms with Crippen LogP contribution in [0.3, 0.4) is 0 Å². The number of halogens is 1. The monoisotopic (exact) mass is 396 g/mol. The molecule has 0 radical (unpaired) electrons. The minimum Gasteiger partial charge on any atom is -0.459 e. The molecule has 0 spiro atoms. The summed E-state index contributed by atoms with van der Waals surface area (Å²) in [4.78, 5) is 12.4. The Hall–Kier alpha value is -2.93. The lowest BCUT2D eigenvalue weighted by Crippen LogP contribution is -2.09. The third-order valence-electron chi connectivity index (χ3n) is 3.59. The van der Waals surface area contributed by atoms with Gasteiger partial charge in [-0.2, -0.15) is 4.98 Å². The Balaban J connectivity index is 1.78.